The smallest absolute Gasteiger partial charge is 0.321 e. The lowest BCUT2D eigenvalue weighted by Crippen LogP contribution is -2.41. The maximum Gasteiger partial charge on any atom is 0.321 e. The SMILES string of the molecule is Cc1noc(C2CCCN(C(=O)Nc3ccc(N4CCOCC4)c(F)c3)C2)n1. The van der Waals surface area contributed by atoms with Gasteiger partial charge in [0.1, 0.15) is 5.82 Å². The minimum Gasteiger partial charge on any atom is -0.378 e. The Kier molecular flexibility index (Phi) is 5.43. The minimum atomic E-state index is -0.349. The molecule has 8 nitrogen and oxygen atoms in total. The Balaban J connectivity index is 1.39. The van der Waals surface area contributed by atoms with Crippen LogP contribution in [0.2, 0.25) is 0 Å². The maximum absolute atomic E-state index is 14.5. The molecular formula is C19H24FN5O3. The number of carbonyl (C=O) groups excluding carboxylic acids is 1. The van der Waals surface area contributed by atoms with E-state index in [0.717, 1.165) is 12.8 Å². The van der Waals surface area contributed by atoms with Crippen LogP contribution >= 0.6 is 0 Å². The average molecular weight is 389 g/mol. The number of aromatic nitrogens is 2. The van der Waals surface area contributed by atoms with E-state index in [0.29, 0.717) is 62.5 Å². The van der Waals surface area contributed by atoms with Gasteiger partial charge < -0.3 is 24.4 Å². The van der Waals surface area contributed by atoms with E-state index in [4.69, 9.17) is 9.26 Å². The molecule has 2 aliphatic rings. The van der Waals surface area contributed by atoms with Gasteiger partial charge in [-0.15, -0.1) is 0 Å². The monoisotopic (exact) mass is 389 g/mol. The highest BCUT2D eigenvalue weighted by molar-refractivity contribution is 5.89. The normalized spacial score (nSPS) is 20.3. The number of urea groups is 1. The van der Waals surface area contributed by atoms with Gasteiger partial charge in [0.2, 0.25) is 5.89 Å². The summed E-state index contributed by atoms with van der Waals surface area (Å²) in [6, 6.07) is 4.55. The lowest BCUT2D eigenvalue weighted by molar-refractivity contribution is 0.122. The topological polar surface area (TPSA) is 83.7 Å². The summed E-state index contributed by atoms with van der Waals surface area (Å²) in [5.41, 5.74) is 0.973. The van der Waals surface area contributed by atoms with Crippen molar-refractivity contribution in [2.45, 2.75) is 25.7 Å². The van der Waals surface area contributed by atoms with Gasteiger partial charge in [0.05, 0.1) is 24.8 Å². The van der Waals surface area contributed by atoms with Gasteiger partial charge in [0.25, 0.3) is 0 Å². The average Bonchev–Trinajstić information content (AvgIpc) is 3.15. The first-order chi connectivity index (χ1) is 13.6. The number of amides is 2. The number of morpholine rings is 1. The number of halogens is 1. The Morgan fingerprint density at radius 3 is 2.82 bits per heavy atom. The summed E-state index contributed by atoms with van der Waals surface area (Å²) in [4.78, 5) is 20.6. The van der Waals surface area contributed by atoms with E-state index >= 15 is 0 Å². The van der Waals surface area contributed by atoms with Crippen LogP contribution in [0.4, 0.5) is 20.6 Å². The molecule has 0 spiro atoms. The molecule has 0 aliphatic carbocycles. The fourth-order valence-corrected chi connectivity index (χ4v) is 3.69. The molecule has 0 bridgehead atoms. The second-order valence-electron chi connectivity index (χ2n) is 7.16. The van der Waals surface area contributed by atoms with Crippen molar-refractivity contribution in [3.8, 4) is 0 Å². The first-order valence-electron chi connectivity index (χ1n) is 9.58. The number of benzene rings is 1. The summed E-state index contributed by atoms with van der Waals surface area (Å²) < 4.78 is 25.1. The summed E-state index contributed by atoms with van der Waals surface area (Å²) in [7, 11) is 0. The molecule has 1 N–H and O–H groups in total. The second-order valence-corrected chi connectivity index (χ2v) is 7.16. The first kappa shape index (κ1) is 18.7. The molecule has 9 heteroatoms. The predicted octanol–water partition coefficient (Wildman–Crippen LogP) is 2.77. The molecular weight excluding hydrogens is 365 g/mol. The lowest BCUT2D eigenvalue weighted by Gasteiger charge is -2.31. The molecule has 28 heavy (non-hydrogen) atoms. The number of nitrogens with zero attached hydrogens (tertiary/aromatic N) is 4. The van der Waals surface area contributed by atoms with Crippen LogP contribution < -0.4 is 10.2 Å². The highest BCUT2D eigenvalue weighted by Gasteiger charge is 2.28. The van der Waals surface area contributed by atoms with Gasteiger partial charge in [-0.1, -0.05) is 5.16 Å². The van der Waals surface area contributed by atoms with Crippen LogP contribution in [0.25, 0.3) is 0 Å². The molecule has 0 radical (unpaired) electrons. The van der Waals surface area contributed by atoms with E-state index in [1.807, 2.05) is 4.90 Å². The number of likely N-dealkylation sites (tertiary alicyclic amines) is 1. The number of anilines is 2. The second kappa shape index (κ2) is 8.14. The van der Waals surface area contributed by atoms with E-state index < -0.39 is 0 Å². The summed E-state index contributed by atoms with van der Waals surface area (Å²) in [5.74, 6) is 0.835. The summed E-state index contributed by atoms with van der Waals surface area (Å²) in [6.45, 7) is 5.42. The number of ether oxygens (including phenoxy) is 1. The van der Waals surface area contributed by atoms with Crippen LogP contribution in [0.1, 0.15) is 30.5 Å². The highest BCUT2D eigenvalue weighted by atomic mass is 19.1. The molecule has 1 aromatic carbocycles. The van der Waals surface area contributed by atoms with Gasteiger partial charge in [-0.05, 0) is 38.0 Å². The minimum absolute atomic E-state index is 0.0288. The molecule has 150 valence electrons. The first-order valence-corrected chi connectivity index (χ1v) is 9.58. The number of hydrogen-bond donors (Lipinski definition) is 1. The Morgan fingerprint density at radius 2 is 2.11 bits per heavy atom. The van der Waals surface area contributed by atoms with Crippen molar-refractivity contribution >= 4 is 17.4 Å². The van der Waals surface area contributed by atoms with Crippen LogP contribution in [-0.4, -0.2) is 60.5 Å². The van der Waals surface area contributed by atoms with E-state index in [1.165, 1.54) is 6.07 Å². The third kappa shape index (κ3) is 4.09. The Hall–Kier alpha value is -2.68. The van der Waals surface area contributed by atoms with E-state index in [-0.39, 0.29) is 17.8 Å². The van der Waals surface area contributed by atoms with Crippen molar-refractivity contribution in [1.82, 2.24) is 15.0 Å². The van der Waals surface area contributed by atoms with Crippen molar-refractivity contribution in [3.63, 3.8) is 0 Å². The molecule has 2 amide bonds. The van der Waals surface area contributed by atoms with Crippen LogP contribution in [0.5, 0.6) is 0 Å². The van der Waals surface area contributed by atoms with Crippen molar-refractivity contribution in [3.05, 3.63) is 35.7 Å². The molecule has 1 aromatic heterocycles. The predicted molar refractivity (Wildman–Crippen MR) is 101 cm³/mol. The number of piperidine rings is 1. The molecule has 2 aliphatic heterocycles. The van der Waals surface area contributed by atoms with Gasteiger partial charge in [0.15, 0.2) is 5.82 Å². The third-order valence-corrected chi connectivity index (χ3v) is 5.15. The van der Waals surface area contributed by atoms with Gasteiger partial charge >= 0.3 is 6.03 Å². The fourth-order valence-electron chi connectivity index (χ4n) is 3.69. The van der Waals surface area contributed by atoms with E-state index in [9.17, 15) is 9.18 Å². The highest BCUT2D eigenvalue weighted by Crippen LogP contribution is 2.27. The largest absolute Gasteiger partial charge is 0.378 e. The number of hydrogen-bond acceptors (Lipinski definition) is 6. The maximum atomic E-state index is 14.5. The number of rotatable bonds is 3. The number of nitrogens with one attached hydrogen (secondary N) is 1. The molecule has 1 unspecified atom stereocenters. The summed E-state index contributed by atoms with van der Waals surface area (Å²) >= 11 is 0. The fraction of sp³-hybridized carbons (Fsp3) is 0.526. The summed E-state index contributed by atoms with van der Waals surface area (Å²) in [5, 5.41) is 6.62. The zero-order valence-corrected chi connectivity index (χ0v) is 15.9. The quantitative estimate of drug-likeness (QED) is 0.869. The Bertz CT molecular complexity index is 837. The zero-order chi connectivity index (χ0) is 19.5. The van der Waals surface area contributed by atoms with Gasteiger partial charge in [-0.3, -0.25) is 0 Å². The number of carbonyl (C=O) groups is 1. The summed E-state index contributed by atoms with van der Waals surface area (Å²) in [6.07, 6.45) is 1.75. The molecule has 1 atom stereocenters. The third-order valence-electron chi connectivity index (χ3n) is 5.15. The van der Waals surface area contributed by atoms with Gasteiger partial charge in [-0.2, -0.15) is 4.98 Å². The van der Waals surface area contributed by atoms with Crippen LogP contribution in [0.15, 0.2) is 22.7 Å². The van der Waals surface area contributed by atoms with Gasteiger partial charge in [0, 0.05) is 31.9 Å². The number of aryl methyl sites for hydroxylation is 1. The Morgan fingerprint density at radius 1 is 1.29 bits per heavy atom. The Labute approximate surface area is 162 Å². The van der Waals surface area contributed by atoms with Crippen molar-refractivity contribution < 1.29 is 18.4 Å². The van der Waals surface area contributed by atoms with E-state index in [2.05, 4.69) is 15.5 Å². The van der Waals surface area contributed by atoms with Crippen molar-refractivity contribution in [2.24, 2.45) is 0 Å². The molecule has 0 saturated carbocycles. The van der Waals surface area contributed by atoms with Crippen molar-refractivity contribution in [2.75, 3.05) is 49.6 Å². The molecule has 2 saturated heterocycles. The molecule has 4 rings (SSSR count). The molecule has 2 fully saturated rings. The standard InChI is InChI=1S/C19H24FN5O3/c1-13-21-18(28-23-13)14-3-2-6-25(12-14)19(26)22-15-4-5-17(16(20)11-15)24-7-9-27-10-8-24/h4-5,11,14H,2-3,6-10,12H2,1H3,(H,22,26). The lowest BCUT2D eigenvalue weighted by atomic mass is 9.98. The van der Waals surface area contributed by atoms with Crippen LogP contribution in [0, 0.1) is 12.7 Å². The van der Waals surface area contributed by atoms with Gasteiger partial charge in [-0.25, -0.2) is 9.18 Å². The van der Waals surface area contributed by atoms with Crippen LogP contribution in [0.3, 0.4) is 0 Å². The zero-order valence-electron chi connectivity index (χ0n) is 15.9. The molecule has 3 heterocycles. The van der Waals surface area contributed by atoms with E-state index in [1.54, 1.807) is 24.0 Å². The van der Waals surface area contributed by atoms with Crippen LogP contribution in [-0.2, 0) is 4.74 Å². The molecule has 2 aromatic rings. The van der Waals surface area contributed by atoms with Crippen molar-refractivity contribution in [1.29, 1.82) is 0 Å².